The molecule has 1 heteroatoms. The van der Waals surface area contributed by atoms with E-state index in [4.69, 9.17) is 0 Å². The van der Waals surface area contributed by atoms with E-state index in [0.29, 0.717) is 0 Å². The SMILES string of the molecule is CC=[CH][Ge]([CH3])([CH3])[CH3]. The van der Waals surface area contributed by atoms with Crippen LogP contribution in [0.15, 0.2) is 11.0 Å². The third-order valence-electron chi connectivity index (χ3n) is 0.667. The second-order valence-corrected chi connectivity index (χ2v) is 13.5. The number of hydrogen-bond acceptors (Lipinski definition) is 0. The van der Waals surface area contributed by atoms with Crippen molar-refractivity contribution in [2.24, 2.45) is 0 Å². The summed E-state index contributed by atoms with van der Waals surface area (Å²) in [5.41, 5.74) is 0. The van der Waals surface area contributed by atoms with E-state index < -0.39 is 13.3 Å². The Morgan fingerprint density at radius 2 is 1.57 bits per heavy atom. The summed E-state index contributed by atoms with van der Waals surface area (Å²) < 4.78 is 0. The molecule has 0 bridgehead atoms. The average molecular weight is 159 g/mol. The molecule has 0 aliphatic carbocycles. The first-order valence-corrected chi connectivity index (χ1v) is 10.2. The van der Waals surface area contributed by atoms with Crippen LogP contribution in [0.4, 0.5) is 0 Å². The van der Waals surface area contributed by atoms with Crippen LogP contribution in [-0.4, -0.2) is 13.3 Å². The minimum atomic E-state index is -1.26. The molecular formula is C6H14Ge. The number of allylic oxidation sites excluding steroid dienone is 1. The Morgan fingerprint density at radius 3 is 1.57 bits per heavy atom. The molecule has 0 rings (SSSR count). The third kappa shape index (κ3) is 6.28. The van der Waals surface area contributed by atoms with Gasteiger partial charge in [0.05, 0.1) is 0 Å². The predicted molar refractivity (Wildman–Crippen MR) is 38.2 cm³/mol. The van der Waals surface area contributed by atoms with E-state index in [2.05, 4.69) is 35.2 Å². The molecule has 7 heavy (non-hydrogen) atoms. The van der Waals surface area contributed by atoms with Crippen LogP contribution in [0, 0.1) is 0 Å². The van der Waals surface area contributed by atoms with Crippen molar-refractivity contribution in [3.63, 3.8) is 0 Å². The Kier molecular flexibility index (Phi) is 2.66. The summed E-state index contributed by atoms with van der Waals surface area (Å²) in [6.45, 7) is 2.09. The number of hydrogen-bond donors (Lipinski definition) is 0. The van der Waals surface area contributed by atoms with Gasteiger partial charge in [-0.3, -0.25) is 0 Å². The van der Waals surface area contributed by atoms with Crippen molar-refractivity contribution in [2.75, 3.05) is 0 Å². The fraction of sp³-hybridized carbons (Fsp3) is 0.667. The van der Waals surface area contributed by atoms with Gasteiger partial charge < -0.3 is 0 Å². The van der Waals surface area contributed by atoms with Crippen LogP contribution in [0.25, 0.3) is 0 Å². The fourth-order valence-corrected chi connectivity index (χ4v) is 2.60. The summed E-state index contributed by atoms with van der Waals surface area (Å²) in [4.78, 5) is 2.38. The standard InChI is InChI=1S/C6H14Ge/c1-5-6-7(2,3)4/h5-6H,1-4H3. The molecule has 0 saturated heterocycles. The molecule has 0 aliphatic heterocycles. The van der Waals surface area contributed by atoms with Crippen LogP contribution in [0.1, 0.15) is 6.92 Å². The van der Waals surface area contributed by atoms with Crippen molar-refractivity contribution in [3.8, 4) is 0 Å². The Morgan fingerprint density at radius 1 is 1.14 bits per heavy atom. The first kappa shape index (κ1) is 7.28. The van der Waals surface area contributed by atoms with Crippen LogP contribution in [0.2, 0.25) is 17.3 Å². The van der Waals surface area contributed by atoms with Crippen LogP contribution >= 0.6 is 0 Å². The van der Waals surface area contributed by atoms with Crippen molar-refractivity contribution in [1.29, 1.82) is 0 Å². The summed E-state index contributed by atoms with van der Waals surface area (Å²) in [5, 5.41) is 0. The van der Waals surface area contributed by atoms with Gasteiger partial charge in [0, 0.05) is 0 Å². The van der Waals surface area contributed by atoms with Crippen LogP contribution in [0.5, 0.6) is 0 Å². The molecule has 0 atom stereocenters. The van der Waals surface area contributed by atoms with Crippen molar-refractivity contribution >= 4 is 13.3 Å². The zero-order chi connectivity index (χ0) is 5.91. The van der Waals surface area contributed by atoms with E-state index in [1.54, 1.807) is 0 Å². The molecule has 0 heterocycles. The normalized spacial score (nSPS) is 13.1. The fourth-order valence-electron chi connectivity index (χ4n) is 0.500. The molecule has 42 valence electrons. The topological polar surface area (TPSA) is 0 Å². The summed E-state index contributed by atoms with van der Waals surface area (Å²) in [6, 6.07) is 0. The monoisotopic (exact) mass is 160 g/mol. The van der Waals surface area contributed by atoms with Gasteiger partial charge in [-0.05, 0) is 0 Å². The van der Waals surface area contributed by atoms with Gasteiger partial charge in [0.2, 0.25) is 0 Å². The van der Waals surface area contributed by atoms with Gasteiger partial charge in [-0.15, -0.1) is 0 Å². The molecule has 0 fully saturated rings. The second-order valence-electron chi connectivity index (χ2n) is 2.87. The first-order valence-electron chi connectivity index (χ1n) is 2.70. The molecule has 0 amide bonds. The van der Waals surface area contributed by atoms with Gasteiger partial charge >= 0.3 is 48.4 Å². The van der Waals surface area contributed by atoms with Crippen molar-refractivity contribution in [1.82, 2.24) is 0 Å². The van der Waals surface area contributed by atoms with Gasteiger partial charge in [0.15, 0.2) is 0 Å². The molecule has 0 N–H and O–H groups in total. The zero-order valence-electron chi connectivity index (χ0n) is 5.65. The minimum absolute atomic E-state index is 1.26. The van der Waals surface area contributed by atoms with Crippen molar-refractivity contribution < 1.29 is 0 Å². The van der Waals surface area contributed by atoms with Crippen LogP contribution < -0.4 is 0 Å². The van der Waals surface area contributed by atoms with Crippen molar-refractivity contribution in [3.05, 3.63) is 11.0 Å². The van der Waals surface area contributed by atoms with Gasteiger partial charge in [-0.1, -0.05) is 0 Å². The molecule has 0 aliphatic rings. The maximum atomic E-state index is 2.38. The molecule has 0 radical (unpaired) electrons. The Bertz CT molecular complexity index is 66.7. The molecule has 0 spiro atoms. The Hall–Kier alpha value is 0.283. The summed E-state index contributed by atoms with van der Waals surface area (Å²) in [7, 11) is 0. The van der Waals surface area contributed by atoms with Crippen LogP contribution in [-0.2, 0) is 0 Å². The van der Waals surface area contributed by atoms with Gasteiger partial charge in [-0.25, -0.2) is 0 Å². The van der Waals surface area contributed by atoms with E-state index in [-0.39, 0.29) is 0 Å². The molecular weight excluding hydrogens is 145 g/mol. The van der Waals surface area contributed by atoms with Crippen molar-refractivity contribution in [2.45, 2.75) is 24.2 Å². The van der Waals surface area contributed by atoms with Gasteiger partial charge in [0.1, 0.15) is 0 Å². The molecule has 0 aromatic heterocycles. The Balaban J connectivity index is 3.56. The third-order valence-corrected chi connectivity index (χ3v) is 3.46. The molecule has 0 aromatic carbocycles. The summed E-state index contributed by atoms with van der Waals surface area (Å²) in [5.74, 6) is 7.12. The summed E-state index contributed by atoms with van der Waals surface area (Å²) >= 11 is -1.26. The van der Waals surface area contributed by atoms with Crippen LogP contribution in [0.3, 0.4) is 0 Å². The van der Waals surface area contributed by atoms with E-state index in [0.717, 1.165) is 0 Å². The van der Waals surface area contributed by atoms with E-state index in [1.807, 2.05) is 0 Å². The zero-order valence-corrected chi connectivity index (χ0v) is 7.75. The van der Waals surface area contributed by atoms with E-state index >= 15 is 0 Å². The summed E-state index contributed by atoms with van der Waals surface area (Å²) in [6.07, 6.45) is 2.17. The molecule has 0 nitrogen and oxygen atoms in total. The molecule has 0 aromatic rings. The number of rotatable bonds is 1. The molecule has 0 unspecified atom stereocenters. The quantitative estimate of drug-likeness (QED) is 0.515. The maximum absolute atomic E-state index is 2.38. The van der Waals surface area contributed by atoms with E-state index in [1.165, 1.54) is 0 Å². The Labute approximate surface area is 49.0 Å². The van der Waals surface area contributed by atoms with E-state index in [9.17, 15) is 0 Å². The van der Waals surface area contributed by atoms with Gasteiger partial charge in [-0.2, -0.15) is 0 Å². The first-order chi connectivity index (χ1) is 3.06. The average Bonchev–Trinajstić information content (AvgIpc) is 1.30. The molecule has 0 saturated carbocycles. The second kappa shape index (κ2) is 2.56. The van der Waals surface area contributed by atoms with Gasteiger partial charge in [0.25, 0.3) is 0 Å². The predicted octanol–water partition coefficient (Wildman–Crippen LogP) is 2.44.